The Morgan fingerprint density at radius 2 is 0.460 bits per heavy atom. The number of carbonyl (C=O) groups is 4. The third-order valence-electron chi connectivity index (χ3n) is 19.0. The molecule has 0 rings (SSSR count). The number of hydrogen-bond donors (Lipinski definition) is 3. The molecule has 0 aliphatic rings. The van der Waals surface area contributed by atoms with Crippen molar-refractivity contribution in [1.29, 1.82) is 0 Å². The van der Waals surface area contributed by atoms with Gasteiger partial charge in [-0.15, -0.1) is 0 Å². The Bertz CT molecular complexity index is 1910. The highest BCUT2D eigenvalue weighted by atomic mass is 31.2. The number of phosphoric ester groups is 2. The van der Waals surface area contributed by atoms with Crippen LogP contribution in [0.1, 0.15) is 433 Å². The second-order valence-electron chi connectivity index (χ2n) is 29.6. The van der Waals surface area contributed by atoms with Crippen molar-refractivity contribution in [2.75, 3.05) is 39.6 Å². The van der Waals surface area contributed by atoms with Crippen LogP contribution in [0.4, 0.5) is 0 Å². The van der Waals surface area contributed by atoms with Gasteiger partial charge in [0.15, 0.2) is 12.2 Å². The molecule has 3 N–H and O–H groups in total. The van der Waals surface area contributed by atoms with Gasteiger partial charge in [-0.3, -0.25) is 37.3 Å². The maximum Gasteiger partial charge on any atom is 0.472 e. The van der Waals surface area contributed by atoms with E-state index in [2.05, 4.69) is 34.6 Å². The van der Waals surface area contributed by atoms with Crippen LogP contribution in [0.15, 0.2) is 0 Å². The Labute approximate surface area is 613 Å². The molecule has 0 saturated heterocycles. The van der Waals surface area contributed by atoms with Crippen LogP contribution in [0, 0.1) is 5.92 Å². The minimum absolute atomic E-state index is 0.108. The molecule has 0 spiro atoms. The monoisotopic (exact) mass is 1470 g/mol. The van der Waals surface area contributed by atoms with E-state index in [1.54, 1.807) is 0 Å². The molecule has 2 unspecified atom stereocenters. The standard InChI is InChI=1S/C81H158O17P2/c1-6-9-12-15-18-21-24-27-30-32-35-37-40-43-49-54-59-64-78(83)91-70-76(97-80(85)67-62-57-52-45-42-39-36-33-31-28-25-22-19-16-13-10-7-2)72-95-99(87,88)93-68-75(82)69-94-100(89,90)96-73-77(71-92-79(84)65-60-55-50-47-46-48-53-58-63-74(4)5)98-81(86)66-61-56-51-44-41-38-34-29-26-23-20-17-14-11-8-3/h74-77,82H,6-73H2,1-5H3,(H,87,88)(H,89,90)/t75-,76-,77-/m1/s1. The summed E-state index contributed by atoms with van der Waals surface area (Å²) in [5.41, 5.74) is 0. The summed E-state index contributed by atoms with van der Waals surface area (Å²) in [6.45, 7) is 7.31. The van der Waals surface area contributed by atoms with Gasteiger partial charge in [-0.2, -0.15) is 0 Å². The first-order chi connectivity index (χ1) is 48.5. The molecule has 0 aromatic carbocycles. The summed E-state index contributed by atoms with van der Waals surface area (Å²) < 4.78 is 68.7. The summed E-state index contributed by atoms with van der Waals surface area (Å²) in [5.74, 6) is -1.38. The van der Waals surface area contributed by atoms with Crippen LogP contribution in [-0.2, 0) is 65.4 Å². The number of hydrogen-bond acceptors (Lipinski definition) is 15. The molecule has 0 saturated carbocycles. The maximum absolute atomic E-state index is 13.1. The summed E-state index contributed by atoms with van der Waals surface area (Å²) in [6, 6.07) is 0. The minimum atomic E-state index is -4.96. The molecule has 0 radical (unpaired) electrons. The molecule has 100 heavy (non-hydrogen) atoms. The van der Waals surface area contributed by atoms with E-state index in [0.717, 1.165) is 95.8 Å². The van der Waals surface area contributed by atoms with Crippen molar-refractivity contribution in [3.8, 4) is 0 Å². The fourth-order valence-corrected chi connectivity index (χ4v) is 14.2. The van der Waals surface area contributed by atoms with Gasteiger partial charge in [0.25, 0.3) is 0 Å². The average Bonchev–Trinajstić information content (AvgIpc) is 0.933. The zero-order chi connectivity index (χ0) is 73.4. The number of aliphatic hydroxyl groups is 1. The lowest BCUT2D eigenvalue weighted by Crippen LogP contribution is -2.30. The lowest BCUT2D eigenvalue weighted by atomic mass is 10.0. The van der Waals surface area contributed by atoms with E-state index in [4.69, 9.17) is 37.0 Å². The summed E-state index contributed by atoms with van der Waals surface area (Å²) in [6.07, 6.45) is 65.2. The number of esters is 4. The number of ether oxygens (including phenoxy) is 4. The van der Waals surface area contributed by atoms with Crippen molar-refractivity contribution in [2.45, 2.75) is 451 Å². The Hall–Kier alpha value is -1.94. The summed E-state index contributed by atoms with van der Waals surface area (Å²) in [7, 11) is -9.92. The molecular formula is C81H158O17P2. The van der Waals surface area contributed by atoms with Crippen LogP contribution in [-0.4, -0.2) is 96.7 Å². The molecule has 0 aliphatic heterocycles. The van der Waals surface area contributed by atoms with Crippen molar-refractivity contribution in [1.82, 2.24) is 0 Å². The highest BCUT2D eigenvalue weighted by Crippen LogP contribution is 2.45. The van der Waals surface area contributed by atoms with Crippen LogP contribution in [0.3, 0.4) is 0 Å². The second-order valence-corrected chi connectivity index (χ2v) is 32.5. The quantitative estimate of drug-likeness (QED) is 0.0222. The summed E-state index contributed by atoms with van der Waals surface area (Å²) in [5, 5.41) is 10.6. The fraction of sp³-hybridized carbons (Fsp3) is 0.951. The molecule has 0 amide bonds. The highest BCUT2D eigenvalue weighted by Gasteiger charge is 2.30. The van der Waals surface area contributed by atoms with Gasteiger partial charge in [0.05, 0.1) is 26.4 Å². The molecule has 17 nitrogen and oxygen atoms in total. The van der Waals surface area contributed by atoms with Gasteiger partial charge in [0.2, 0.25) is 0 Å². The maximum atomic E-state index is 13.1. The Kier molecular flexibility index (Phi) is 72.5. The van der Waals surface area contributed by atoms with Crippen molar-refractivity contribution in [3.05, 3.63) is 0 Å². The van der Waals surface area contributed by atoms with Gasteiger partial charge >= 0.3 is 39.5 Å². The lowest BCUT2D eigenvalue weighted by molar-refractivity contribution is -0.161. The summed E-state index contributed by atoms with van der Waals surface area (Å²) >= 11 is 0. The van der Waals surface area contributed by atoms with E-state index in [-0.39, 0.29) is 25.7 Å². The number of rotatable bonds is 81. The normalized spacial score (nSPS) is 13.8. The third kappa shape index (κ3) is 74.3. The van der Waals surface area contributed by atoms with Gasteiger partial charge in [0, 0.05) is 25.7 Å². The van der Waals surface area contributed by atoms with E-state index in [0.29, 0.717) is 25.7 Å². The molecule has 5 atom stereocenters. The second kappa shape index (κ2) is 73.9. The fourth-order valence-electron chi connectivity index (χ4n) is 12.6. The van der Waals surface area contributed by atoms with Crippen LogP contribution in [0.2, 0.25) is 0 Å². The molecule has 0 aromatic heterocycles. The average molecular weight is 1470 g/mol. The Morgan fingerprint density at radius 1 is 0.270 bits per heavy atom. The van der Waals surface area contributed by atoms with Gasteiger partial charge in [0.1, 0.15) is 19.3 Å². The van der Waals surface area contributed by atoms with E-state index in [1.165, 1.54) is 257 Å². The minimum Gasteiger partial charge on any atom is -0.462 e. The SMILES string of the molecule is CCCCCCCCCCCCCCCCCCCC(=O)OC[C@H](COP(=O)(O)OC[C@@H](O)COP(=O)(O)OC[C@@H](COC(=O)CCCCCCCCCCC(C)C)OC(=O)CCCCCCCCCCCCCCCCC)OC(=O)CCCCCCCCCCCCCCCCCCC. The molecule has 0 fully saturated rings. The van der Waals surface area contributed by atoms with Gasteiger partial charge in [-0.1, -0.05) is 381 Å². The molecule has 0 aromatic rings. The van der Waals surface area contributed by atoms with E-state index < -0.39 is 97.5 Å². The smallest absolute Gasteiger partial charge is 0.462 e. The number of carbonyl (C=O) groups excluding carboxylic acids is 4. The molecule has 0 aliphatic carbocycles. The van der Waals surface area contributed by atoms with Crippen molar-refractivity contribution in [2.24, 2.45) is 5.92 Å². The first-order valence-electron chi connectivity index (χ1n) is 42.1. The van der Waals surface area contributed by atoms with Crippen molar-refractivity contribution >= 4 is 39.5 Å². The van der Waals surface area contributed by atoms with Crippen LogP contribution < -0.4 is 0 Å². The van der Waals surface area contributed by atoms with E-state index in [9.17, 15) is 43.2 Å². The van der Waals surface area contributed by atoms with Crippen LogP contribution in [0.5, 0.6) is 0 Å². The van der Waals surface area contributed by atoms with Gasteiger partial charge in [-0.05, 0) is 31.6 Å². The number of aliphatic hydroxyl groups excluding tert-OH is 1. The van der Waals surface area contributed by atoms with Crippen LogP contribution >= 0.6 is 15.6 Å². The van der Waals surface area contributed by atoms with E-state index >= 15 is 0 Å². The Balaban J connectivity index is 5.25. The molecule has 0 bridgehead atoms. The molecule has 0 heterocycles. The number of unbranched alkanes of at least 4 members (excludes halogenated alkanes) is 53. The third-order valence-corrected chi connectivity index (χ3v) is 20.9. The first-order valence-corrected chi connectivity index (χ1v) is 45.1. The zero-order valence-corrected chi connectivity index (χ0v) is 67.1. The molecule has 19 heteroatoms. The summed E-state index contributed by atoms with van der Waals surface area (Å²) in [4.78, 5) is 73.1. The number of phosphoric acid groups is 2. The first kappa shape index (κ1) is 98.1. The van der Waals surface area contributed by atoms with E-state index in [1.807, 2.05) is 0 Å². The van der Waals surface area contributed by atoms with Crippen molar-refractivity contribution in [3.63, 3.8) is 0 Å². The Morgan fingerprint density at radius 3 is 0.680 bits per heavy atom. The predicted octanol–water partition coefficient (Wildman–Crippen LogP) is 24.4. The molecular weight excluding hydrogens is 1310 g/mol. The predicted molar refractivity (Wildman–Crippen MR) is 409 cm³/mol. The lowest BCUT2D eigenvalue weighted by Gasteiger charge is -2.21. The topological polar surface area (TPSA) is 237 Å². The van der Waals surface area contributed by atoms with Gasteiger partial charge in [-0.25, -0.2) is 9.13 Å². The molecule has 594 valence electrons. The van der Waals surface area contributed by atoms with Gasteiger partial charge < -0.3 is 33.8 Å². The largest absolute Gasteiger partial charge is 0.472 e. The van der Waals surface area contributed by atoms with Crippen molar-refractivity contribution < 1.29 is 80.2 Å². The van der Waals surface area contributed by atoms with Crippen LogP contribution in [0.25, 0.3) is 0 Å². The highest BCUT2D eigenvalue weighted by molar-refractivity contribution is 7.47. The zero-order valence-electron chi connectivity index (χ0n) is 65.3.